The third-order valence-electron chi connectivity index (χ3n) is 3.21. The molecule has 0 aliphatic rings. The monoisotopic (exact) mass is 285 g/mol. The van der Waals surface area contributed by atoms with Crippen molar-refractivity contribution in [3.8, 4) is 11.4 Å². The van der Waals surface area contributed by atoms with E-state index in [0.29, 0.717) is 5.03 Å². The molecule has 0 amide bonds. The highest BCUT2D eigenvalue weighted by Crippen LogP contribution is 2.24. The third kappa shape index (κ3) is 2.14. The van der Waals surface area contributed by atoms with Crippen molar-refractivity contribution in [3.63, 3.8) is 0 Å². The molecular formula is C15H15N3OS. The van der Waals surface area contributed by atoms with E-state index in [0.717, 1.165) is 29.1 Å². The lowest BCUT2D eigenvalue weighted by Gasteiger charge is -2.05. The minimum absolute atomic E-state index is 0.590. The van der Waals surface area contributed by atoms with Crippen LogP contribution < -0.4 is 0 Å². The lowest BCUT2D eigenvalue weighted by molar-refractivity contribution is 0.684. The Morgan fingerprint density at radius 3 is 2.50 bits per heavy atom. The largest absolute Gasteiger partial charge is 0.309 e. The van der Waals surface area contributed by atoms with Crippen LogP contribution in [0, 0.1) is 0 Å². The molecule has 3 rings (SSSR count). The Labute approximate surface area is 119 Å². The summed E-state index contributed by atoms with van der Waals surface area (Å²) in [6, 6.07) is 13.7. The van der Waals surface area contributed by atoms with E-state index in [1.165, 1.54) is 0 Å². The number of pyridine rings is 1. The molecule has 0 saturated heterocycles. The lowest BCUT2D eigenvalue weighted by atomic mass is 10.2. The summed E-state index contributed by atoms with van der Waals surface area (Å²) in [6.07, 6.45) is 1.64. The summed E-state index contributed by atoms with van der Waals surface area (Å²) in [5.74, 6) is 0.898. The van der Waals surface area contributed by atoms with Gasteiger partial charge in [0.05, 0.1) is 10.8 Å². The van der Waals surface area contributed by atoms with Gasteiger partial charge in [-0.05, 0) is 19.1 Å². The predicted octanol–water partition coefficient (Wildman–Crippen LogP) is 2.86. The van der Waals surface area contributed by atoms with Gasteiger partial charge in [0.2, 0.25) is 0 Å². The number of imidazole rings is 1. The zero-order valence-electron chi connectivity index (χ0n) is 11.4. The molecule has 1 atom stereocenters. The number of hydrogen-bond acceptors (Lipinski definition) is 3. The van der Waals surface area contributed by atoms with Gasteiger partial charge in [-0.2, -0.15) is 0 Å². The van der Waals surface area contributed by atoms with Crippen LogP contribution in [0.25, 0.3) is 22.6 Å². The van der Waals surface area contributed by atoms with E-state index in [1.54, 1.807) is 12.3 Å². The first-order valence-electron chi connectivity index (χ1n) is 6.47. The molecule has 0 N–H and O–H groups in total. The van der Waals surface area contributed by atoms with Crippen molar-refractivity contribution in [2.24, 2.45) is 0 Å². The van der Waals surface area contributed by atoms with Crippen molar-refractivity contribution < 1.29 is 4.21 Å². The van der Waals surface area contributed by atoms with Gasteiger partial charge in [-0.3, -0.25) is 4.21 Å². The third-order valence-corrected chi connectivity index (χ3v) is 4.03. The molecule has 0 saturated carbocycles. The first-order valence-corrected chi connectivity index (χ1v) is 8.02. The average molecular weight is 285 g/mol. The van der Waals surface area contributed by atoms with Crippen molar-refractivity contribution in [2.45, 2.75) is 18.5 Å². The number of rotatable bonds is 3. The van der Waals surface area contributed by atoms with Crippen LogP contribution in [0.2, 0.25) is 0 Å². The Morgan fingerprint density at radius 2 is 1.85 bits per heavy atom. The lowest BCUT2D eigenvalue weighted by Crippen LogP contribution is -2.00. The molecule has 102 valence electrons. The van der Waals surface area contributed by atoms with E-state index >= 15 is 0 Å². The Kier molecular flexibility index (Phi) is 3.36. The highest BCUT2D eigenvalue weighted by Gasteiger charge is 2.13. The van der Waals surface area contributed by atoms with E-state index < -0.39 is 10.8 Å². The van der Waals surface area contributed by atoms with Gasteiger partial charge in [0.25, 0.3) is 0 Å². The summed E-state index contributed by atoms with van der Waals surface area (Å²) >= 11 is 0. The molecule has 0 fully saturated rings. The van der Waals surface area contributed by atoms with Crippen LogP contribution in [0.3, 0.4) is 0 Å². The van der Waals surface area contributed by atoms with E-state index in [2.05, 4.69) is 21.5 Å². The van der Waals surface area contributed by atoms with Gasteiger partial charge < -0.3 is 4.57 Å². The molecule has 5 heteroatoms. The first-order chi connectivity index (χ1) is 9.70. The zero-order valence-corrected chi connectivity index (χ0v) is 12.2. The van der Waals surface area contributed by atoms with E-state index in [4.69, 9.17) is 0 Å². The van der Waals surface area contributed by atoms with Crippen LogP contribution >= 0.6 is 0 Å². The maximum Gasteiger partial charge on any atom is 0.161 e. The normalized spacial score (nSPS) is 12.7. The molecule has 0 spiro atoms. The predicted molar refractivity (Wildman–Crippen MR) is 81.0 cm³/mol. The second-order valence-electron chi connectivity index (χ2n) is 4.49. The Hall–Kier alpha value is -2.01. The summed E-state index contributed by atoms with van der Waals surface area (Å²) in [7, 11) is -1.08. The number of aryl methyl sites for hydroxylation is 1. The fourth-order valence-electron chi connectivity index (χ4n) is 2.25. The second kappa shape index (κ2) is 5.17. The van der Waals surface area contributed by atoms with Crippen molar-refractivity contribution in [1.29, 1.82) is 0 Å². The van der Waals surface area contributed by atoms with Crippen LogP contribution in [0.15, 0.2) is 47.5 Å². The molecule has 0 aliphatic heterocycles. The number of nitrogens with zero attached hydrogens (tertiary/aromatic N) is 3. The number of aromatic nitrogens is 3. The smallest absolute Gasteiger partial charge is 0.161 e. The van der Waals surface area contributed by atoms with Gasteiger partial charge in [-0.15, -0.1) is 0 Å². The highest BCUT2D eigenvalue weighted by atomic mass is 32.2. The number of benzene rings is 1. The minimum atomic E-state index is -1.08. The molecule has 2 aromatic heterocycles. The van der Waals surface area contributed by atoms with Crippen LogP contribution in [0.1, 0.15) is 6.92 Å². The van der Waals surface area contributed by atoms with Gasteiger partial charge >= 0.3 is 0 Å². The maximum atomic E-state index is 11.6. The number of hydrogen-bond donors (Lipinski definition) is 0. The van der Waals surface area contributed by atoms with Crippen molar-refractivity contribution >= 4 is 22.0 Å². The fraction of sp³-hybridized carbons (Fsp3) is 0.200. The summed E-state index contributed by atoms with van der Waals surface area (Å²) in [5, 5.41) is 0.590. The van der Waals surface area contributed by atoms with Gasteiger partial charge in [0, 0.05) is 18.4 Å². The summed E-state index contributed by atoms with van der Waals surface area (Å²) in [6.45, 7) is 2.83. The minimum Gasteiger partial charge on any atom is -0.309 e. The standard InChI is InChI=1S/C15H15N3OS/c1-3-18-14(11-7-5-4-6-8-11)16-12-9-10-13(20(2)19)17-15(12)18/h4-10H,3H2,1-2H3. The van der Waals surface area contributed by atoms with Crippen LogP contribution in [0.5, 0.6) is 0 Å². The fourth-order valence-corrected chi connectivity index (χ4v) is 2.73. The molecule has 1 unspecified atom stereocenters. The number of fused-ring (bicyclic) bond motifs is 1. The first kappa shape index (κ1) is 13.0. The van der Waals surface area contributed by atoms with Crippen molar-refractivity contribution in [1.82, 2.24) is 14.5 Å². The molecule has 0 bridgehead atoms. The zero-order chi connectivity index (χ0) is 14.1. The molecule has 1 aromatic carbocycles. The van der Waals surface area contributed by atoms with E-state index in [1.807, 2.05) is 36.4 Å². The maximum absolute atomic E-state index is 11.6. The SMILES string of the molecule is CCn1c(-c2ccccc2)nc2ccc(S(C)=O)nc21. The second-order valence-corrected chi connectivity index (χ2v) is 5.82. The molecule has 3 aromatic rings. The Balaban J connectivity index is 2.27. The Bertz CT molecular complexity index is 780. The Morgan fingerprint density at radius 1 is 1.10 bits per heavy atom. The quantitative estimate of drug-likeness (QED) is 0.743. The van der Waals surface area contributed by atoms with Gasteiger partial charge in [-0.25, -0.2) is 9.97 Å². The molecular weight excluding hydrogens is 270 g/mol. The summed E-state index contributed by atoms with van der Waals surface area (Å²) < 4.78 is 13.6. The van der Waals surface area contributed by atoms with Gasteiger partial charge in [0.1, 0.15) is 16.4 Å². The molecule has 20 heavy (non-hydrogen) atoms. The van der Waals surface area contributed by atoms with Crippen LogP contribution in [-0.4, -0.2) is 25.0 Å². The van der Waals surface area contributed by atoms with Crippen LogP contribution in [-0.2, 0) is 17.3 Å². The molecule has 0 aliphatic carbocycles. The van der Waals surface area contributed by atoms with Crippen LogP contribution in [0.4, 0.5) is 0 Å². The van der Waals surface area contributed by atoms with Crippen molar-refractivity contribution in [2.75, 3.05) is 6.26 Å². The summed E-state index contributed by atoms with van der Waals surface area (Å²) in [4.78, 5) is 9.15. The van der Waals surface area contributed by atoms with E-state index in [-0.39, 0.29) is 0 Å². The van der Waals surface area contributed by atoms with Crippen molar-refractivity contribution in [3.05, 3.63) is 42.5 Å². The highest BCUT2D eigenvalue weighted by molar-refractivity contribution is 7.84. The molecule has 4 nitrogen and oxygen atoms in total. The summed E-state index contributed by atoms with van der Waals surface area (Å²) in [5.41, 5.74) is 2.69. The van der Waals surface area contributed by atoms with Gasteiger partial charge in [-0.1, -0.05) is 30.3 Å². The van der Waals surface area contributed by atoms with E-state index in [9.17, 15) is 4.21 Å². The molecule has 0 radical (unpaired) electrons. The average Bonchev–Trinajstić information content (AvgIpc) is 2.85. The van der Waals surface area contributed by atoms with Gasteiger partial charge in [0.15, 0.2) is 5.65 Å². The molecule has 2 heterocycles. The topological polar surface area (TPSA) is 47.8 Å².